The van der Waals surface area contributed by atoms with Gasteiger partial charge >= 0.3 is 0 Å². The van der Waals surface area contributed by atoms with Crippen LogP contribution in [0.1, 0.15) is 97.9 Å². The van der Waals surface area contributed by atoms with Crippen molar-refractivity contribution in [2.45, 2.75) is 147 Å². The number of aromatic nitrogens is 16. The molecule has 11 heterocycles. The average Bonchev–Trinajstić information content (AvgIpc) is 1.62. The number of likely N-dealkylation sites (N-methyl/N-ethyl adjacent to an activating group) is 1. The van der Waals surface area contributed by atoms with E-state index in [1.807, 2.05) is 248 Å². The van der Waals surface area contributed by atoms with Crippen LogP contribution in [-0.2, 0) is 45.4 Å². The molecule has 20 rings (SSSR count). The molecular weight excluding hydrogens is 1710 g/mol. The summed E-state index contributed by atoms with van der Waals surface area (Å²) >= 11 is 27.3. The molecule has 25 nitrogen and oxygen atoms in total. The molecule has 668 valence electrons. The third-order valence-corrected chi connectivity index (χ3v) is 23.9. The van der Waals surface area contributed by atoms with Crippen LogP contribution < -0.4 is 11.1 Å². The first-order valence-electron chi connectivity index (χ1n) is 39.9. The molecule has 4 fully saturated rings. The Morgan fingerprint density at radius 3 is 0.907 bits per heavy atom. The Kier molecular flexibility index (Phi) is 32.1. The van der Waals surface area contributed by atoms with Gasteiger partial charge in [0.1, 0.15) is 77.4 Å². The van der Waals surface area contributed by atoms with E-state index in [4.69, 9.17) is 67.4 Å². The largest absolute Gasteiger partial charge is 0.368 e. The van der Waals surface area contributed by atoms with Gasteiger partial charge in [-0.1, -0.05) is 341 Å². The van der Waals surface area contributed by atoms with Crippen LogP contribution in [0.2, 0.25) is 20.1 Å². The summed E-state index contributed by atoms with van der Waals surface area (Å²) in [5.74, 6) is -0.750. The summed E-state index contributed by atoms with van der Waals surface area (Å²) in [5, 5.41) is 61.4. The van der Waals surface area contributed by atoms with Gasteiger partial charge in [0.15, 0.2) is 22.6 Å². The van der Waals surface area contributed by atoms with Crippen LogP contribution in [0.5, 0.6) is 0 Å². The molecule has 2 bridgehead atoms. The van der Waals surface area contributed by atoms with E-state index in [2.05, 4.69) is 70.1 Å². The number of fused-ring (bicyclic) bond motifs is 6. The van der Waals surface area contributed by atoms with Crippen LogP contribution in [0.15, 0.2) is 243 Å². The highest BCUT2D eigenvalue weighted by molar-refractivity contribution is 6.40. The molecule has 1 aliphatic carbocycles. The smallest absolute Gasteiger partial charge is 0.244 e. The lowest BCUT2D eigenvalue weighted by Gasteiger charge is -2.39. The van der Waals surface area contributed by atoms with Crippen LogP contribution in [0.3, 0.4) is 0 Å². The first-order valence-corrected chi connectivity index (χ1v) is 41.4. The quantitative estimate of drug-likeness (QED) is 0.0856. The van der Waals surface area contributed by atoms with Gasteiger partial charge in [-0.05, 0) is 46.6 Å². The fourth-order valence-electron chi connectivity index (χ4n) is 16.1. The molecule has 3 aliphatic heterocycles. The Bertz CT molecular complexity index is 6550. The third-order valence-electron chi connectivity index (χ3n) is 22.4. The number of amides is 4. The number of rotatable bonds is 17. The van der Waals surface area contributed by atoms with Gasteiger partial charge in [0.25, 0.3) is 0 Å². The summed E-state index contributed by atoms with van der Waals surface area (Å²) < 4.78 is 20.5. The van der Waals surface area contributed by atoms with Crippen molar-refractivity contribution in [2.24, 2.45) is 5.73 Å². The number of primary amides is 1. The fraction of sp³-hybridized carbons (Fsp3) is 0.273. The molecule has 0 spiro atoms. The molecule has 129 heavy (non-hydrogen) atoms. The predicted molar refractivity (Wildman–Crippen MR) is 519 cm³/mol. The molecule has 3 saturated heterocycles. The Hall–Kier alpha value is -13.1. The molecule has 30 heteroatoms. The van der Waals surface area contributed by atoms with Crippen molar-refractivity contribution >= 4 is 114 Å². The van der Waals surface area contributed by atoms with Crippen molar-refractivity contribution in [3.63, 3.8) is 0 Å². The maximum atomic E-state index is 14.2. The monoisotopic (exact) mass is 1810 g/mol. The zero-order valence-electron chi connectivity index (χ0n) is 66.5. The number of hydrogen-bond acceptors (Lipinski definition) is 17. The Morgan fingerprint density at radius 1 is 0.380 bits per heavy atom. The van der Waals surface area contributed by atoms with Crippen LogP contribution >= 0.6 is 46.4 Å². The Balaban J connectivity index is 0.000000176. The summed E-state index contributed by atoms with van der Waals surface area (Å²) in [6, 6.07) is 78.2. The zero-order chi connectivity index (χ0) is 84.3. The standard InChI is InChI=1S/C25H23ClN6O.C24H21ClFN5O.C24H22ClN5O.C19H14ClN5O.7CH4/c1-30-13-19-12-18(30)14-31(19)20(33)15-32-25-21(23(29-32)16-8-4-2-5-9-16)22(26)24(27-28-25)17-10-6-3-7-11-17;1-24(26)12-13-30(15-24)18(32)14-31-23-19(21(29-31)16-8-4-2-5-9-16)20(25)22(27-28-23)17-10-6-3-7-11-17;1-24(13-8-14-24)26-18(31)15-30-23-19(21(29-30)16-9-4-2-5-10-16)20(25)22(27-28-23)17-11-6-3-7-12-17;20-16-15-17(12-7-3-1-4-8-12)24-25(11-14(21)26)19(15)23-22-18(16)13-9-5-2-6-10-13;;;;;;;/h2-11,18-19H,12-15H2,1H3;2-11H,12-15H2,1H3;2-7,9-12H,8,13-15H2,1H3,(H,26,31);1-10H,11H2,(H2,21,26);7*1H4/t18-,19-;;;;;;;;;;/m1........../s1. The fourth-order valence-corrected chi connectivity index (χ4v) is 17.4. The molecule has 8 aromatic heterocycles. The summed E-state index contributed by atoms with van der Waals surface area (Å²) in [7, 11) is 2.13. The predicted octanol–water partition coefficient (Wildman–Crippen LogP) is 21.1. The molecule has 3 atom stereocenters. The third kappa shape index (κ3) is 20.6. The average molecular weight is 1820 g/mol. The van der Waals surface area contributed by atoms with E-state index in [1.54, 1.807) is 9.36 Å². The van der Waals surface area contributed by atoms with E-state index in [0.717, 1.165) is 83.3 Å². The lowest BCUT2D eigenvalue weighted by molar-refractivity contribution is -0.134. The van der Waals surface area contributed by atoms with Crippen LogP contribution in [0.25, 0.3) is 134 Å². The van der Waals surface area contributed by atoms with Crippen LogP contribution in [0, 0.1) is 0 Å². The van der Waals surface area contributed by atoms with E-state index < -0.39 is 11.6 Å². The van der Waals surface area contributed by atoms with Crippen LogP contribution in [-0.4, -0.2) is 175 Å². The lowest BCUT2D eigenvalue weighted by Crippen LogP contribution is -2.51. The highest BCUT2D eigenvalue weighted by atomic mass is 35.5. The summed E-state index contributed by atoms with van der Waals surface area (Å²) in [6.45, 7) is 5.80. The van der Waals surface area contributed by atoms with E-state index in [9.17, 15) is 23.6 Å². The number of nitrogens with two attached hydrogens (primary N) is 1. The molecule has 1 saturated carbocycles. The summed E-state index contributed by atoms with van der Waals surface area (Å²) in [5.41, 5.74) is 17.7. The molecule has 4 amide bonds. The summed E-state index contributed by atoms with van der Waals surface area (Å²) in [6.07, 6.45) is 4.52. The van der Waals surface area contributed by atoms with E-state index >= 15 is 0 Å². The van der Waals surface area contributed by atoms with Gasteiger partial charge in [-0.15, -0.1) is 40.8 Å². The highest BCUT2D eigenvalue weighted by Crippen LogP contribution is 2.43. The number of hydrogen-bond donors (Lipinski definition) is 2. The molecule has 3 N–H and O–H groups in total. The number of likely N-dealkylation sites (tertiary alicyclic amines) is 3. The van der Waals surface area contributed by atoms with E-state index in [0.29, 0.717) is 129 Å². The topological polar surface area (TPSA) is 290 Å². The van der Waals surface area contributed by atoms with E-state index in [-0.39, 0.29) is 114 Å². The second-order valence-corrected chi connectivity index (χ2v) is 32.6. The molecule has 4 aliphatic rings. The Morgan fingerprint density at radius 2 is 0.659 bits per heavy atom. The zero-order valence-corrected chi connectivity index (χ0v) is 69.6. The van der Waals surface area contributed by atoms with Crippen molar-refractivity contribution < 1.29 is 23.6 Å². The Labute approximate surface area is 771 Å². The number of nitrogens with one attached hydrogen (secondary N) is 1. The van der Waals surface area contributed by atoms with Crippen molar-refractivity contribution in [3.8, 4) is 90.1 Å². The van der Waals surface area contributed by atoms with Crippen molar-refractivity contribution in [3.05, 3.63) is 263 Å². The van der Waals surface area contributed by atoms with Gasteiger partial charge < -0.3 is 20.9 Å². The number of piperazine rings is 1. The first kappa shape index (κ1) is 98.1. The highest BCUT2D eigenvalue weighted by Gasteiger charge is 2.44. The minimum Gasteiger partial charge on any atom is -0.368 e. The van der Waals surface area contributed by atoms with Gasteiger partial charge in [-0.3, -0.25) is 24.1 Å². The first-order chi connectivity index (χ1) is 59.2. The molecular formula is C99H108Cl4FN21O4. The summed E-state index contributed by atoms with van der Waals surface area (Å²) in [4.78, 5) is 56.1. The van der Waals surface area contributed by atoms with Crippen molar-refractivity contribution in [1.29, 1.82) is 0 Å². The van der Waals surface area contributed by atoms with Gasteiger partial charge in [-0.25, -0.2) is 23.1 Å². The maximum absolute atomic E-state index is 14.2. The lowest BCUT2D eigenvalue weighted by atomic mass is 9.78. The van der Waals surface area contributed by atoms with Crippen molar-refractivity contribution in [1.82, 2.24) is 99.9 Å². The van der Waals surface area contributed by atoms with Gasteiger partial charge in [0.05, 0.1) is 48.2 Å². The minimum absolute atomic E-state index is 0. The van der Waals surface area contributed by atoms with Gasteiger partial charge in [-0.2, -0.15) is 20.4 Å². The maximum Gasteiger partial charge on any atom is 0.244 e. The number of halogens is 5. The van der Waals surface area contributed by atoms with Crippen LogP contribution in [0.4, 0.5) is 4.39 Å². The normalized spacial score (nSPS) is 15.5. The number of benzene rings is 8. The number of carbonyl (C=O) groups is 4. The van der Waals surface area contributed by atoms with Gasteiger partial charge in [0, 0.05) is 88.2 Å². The minimum atomic E-state index is -1.36. The number of carbonyl (C=O) groups excluding carboxylic acids is 4. The molecule has 8 aromatic carbocycles. The molecule has 1 unspecified atom stereocenters. The van der Waals surface area contributed by atoms with E-state index in [1.165, 1.54) is 21.2 Å². The second kappa shape index (κ2) is 42.2. The number of nitrogens with zero attached hydrogens (tertiary/aromatic N) is 19. The second-order valence-electron chi connectivity index (χ2n) is 31.1. The molecule has 0 radical (unpaired) electrons. The molecule has 16 aromatic rings. The van der Waals surface area contributed by atoms with Crippen molar-refractivity contribution in [2.75, 3.05) is 33.2 Å². The SMILES string of the molecule is C.C.C.C.C.C.C.CC1(F)CCN(C(=O)Cn2nc(-c3ccccc3)c3c(Cl)c(-c4ccccc4)nnc32)C1.CC1(NC(=O)Cn2nc(-c3ccccc3)c3c(Cl)c(-c4ccccc4)nnc32)CCC1.CN1C[C@H]2C[C@@H]1CN2C(=O)Cn1nc(-c2ccccc2)c2c(Cl)c(-c3ccccc3)nnc21.NC(=O)Cn1nc(-c2ccccc2)c2c(Cl)c(-c3ccccc3)nnc21. The van der Waals surface area contributed by atoms with Gasteiger partial charge in [0.2, 0.25) is 23.6 Å². The number of alkyl halides is 1.